The lowest BCUT2D eigenvalue weighted by Crippen LogP contribution is -2.44. The molecule has 1 saturated heterocycles. The van der Waals surface area contributed by atoms with E-state index in [0.717, 1.165) is 0 Å². The van der Waals surface area contributed by atoms with Gasteiger partial charge < -0.3 is 14.4 Å². The first-order valence-electron chi connectivity index (χ1n) is 9.23. The van der Waals surface area contributed by atoms with Crippen molar-refractivity contribution in [2.24, 2.45) is 0 Å². The zero-order valence-corrected chi connectivity index (χ0v) is 17.6. The summed E-state index contributed by atoms with van der Waals surface area (Å²) in [6.45, 7) is 5.14. The molecule has 0 spiro atoms. The van der Waals surface area contributed by atoms with Crippen LogP contribution in [0.15, 0.2) is 28.2 Å². The number of nitrogens with zero attached hydrogens (tertiary/aromatic N) is 3. The molecule has 7 nitrogen and oxygen atoms in total. The number of rotatable bonds is 7. The van der Waals surface area contributed by atoms with Gasteiger partial charge in [0.25, 0.3) is 5.56 Å². The van der Waals surface area contributed by atoms with Gasteiger partial charge in [-0.3, -0.25) is 14.2 Å². The number of hydrogen-bond donors (Lipinski definition) is 0. The van der Waals surface area contributed by atoms with Crippen LogP contribution in [-0.2, 0) is 20.8 Å². The lowest BCUT2D eigenvalue weighted by molar-refractivity contribution is -0.134. The van der Waals surface area contributed by atoms with E-state index in [2.05, 4.69) is 4.98 Å². The van der Waals surface area contributed by atoms with Gasteiger partial charge in [0.2, 0.25) is 5.91 Å². The van der Waals surface area contributed by atoms with Gasteiger partial charge in [0.05, 0.1) is 29.4 Å². The molecule has 1 atom stereocenters. The number of carbonyl (C=O) groups excluding carboxylic acids is 1. The van der Waals surface area contributed by atoms with Gasteiger partial charge in [-0.25, -0.2) is 4.98 Å². The minimum atomic E-state index is -0.365. The van der Waals surface area contributed by atoms with E-state index in [-0.39, 0.29) is 16.7 Å². The van der Waals surface area contributed by atoms with Gasteiger partial charge >= 0.3 is 0 Å². The Morgan fingerprint density at radius 3 is 2.86 bits per heavy atom. The summed E-state index contributed by atoms with van der Waals surface area (Å²) in [6, 6.07) is 5.05. The van der Waals surface area contributed by atoms with E-state index >= 15 is 0 Å². The van der Waals surface area contributed by atoms with Crippen LogP contribution in [0.3, 0.4) is 0 Å². The van der Waals surface area contributed by atoms with Crippen LogP contribution in [0.2, 0.25) is 5.02 Å². The van der Waals surface area contributed by atoms with E-state index in [0.29, 0.717) is 67.0 Å². The summed E-state index contributed by atoms with van der Waals surface area (Å²) in [5.41, 5.74) is 0.403. The summed E-state index contributed by atoms with van der Waals surface area (Å²) >= 11 is 7.38. The van der Waals surface area contributed by atoms with E-state index in [9.17, 15) is 9.59 Å². The normalized spacial score (nSPS) is 15.8. The Labute approximate surface area is 173 Å². The molecule has 1 unspecified atom stereocenters. The zero-order valence-electron chi connectivity index (χ0n) is 16.0. The van der Waals surface area contributed by atoms with Crippen molar-refractivity contribution < 1.29 is 14.3 Å². The fourth-order valence-corrected chi connectivity index (χ4v) is 4.26. The maximum absolute atomic E-state index is 13.0. The molecule has 0 bridgehead atoms. The first kappa shape index (κ1) is 21.1. The molecule has 1 amide bonds. The summed E-state index contributed by atoms with van der Waals surface area (Å²) in [4.78, 5) is 32.2. The third kappa shape index (κ3) is 4.86. The Balaban J connectivity index is 1.91. The van der Waals surface area contributed by atoms with Gasteiger partial charge in [0.1, 0.15) is 0 Å². The molecule has 28 heavy (non-hydrogen) atoms. The van der Waals surface area contributed by atoms with Crippen molar-refractivity contribution in [2.45, 2.75) is 30.3 Å². The summed E-state index contributed by atoms with van der Waals surface area (Å²) in [6.07, 6.45) is 0.677. The number of benzene rings is 1. The minimum absolute atomic E-state index is 0.0252. The molecule has 152 valence electrons. The number of methoxy groups -OCH3 is 1. The average molecular weight is 426 g/mol. The highest BCUT2D eigenvalue weighted by atomic mass is 35.5. The molecule has 1 aliphatic heterocycles. The lowest BCUT2D eigenvalue weighted by atomic mass is 10.2. The van der Waals surface area contributed by atoms with E-state index in [1.807, 2.05) is 6.92 Å². The van der Waals surface area contributed by atoms with Gasteiger partial charge in [0, 0.05) is 38.4 Å². The Hall–Kier alpha value is -1.61. The van der Waals surface area contributed by atoms with Crippen LogP contribution >= 0.6 is 23.4 Å². The molecule has 2 aromatic rings. The molecule has 1 aromatic carbocycles. The molecule has 1 fully saturated rings. The molecule has 3 rings (SSSR count). The molecule has 2 heterocycles. The summed E-state index contributed by atoms with van der Waals surface area (Å²) in [5.74, 6) is 0.0252. The van der Waals surface area contributed by atoms with Crippen LogP contribution in [-0.4, -0.2) is 65.6 Å². The molecule has 0 N–H and O–H groups in total. The Morgan fingerprint density at radius 1 is 1.39 bits per heavy atom. The second-order valence-corrected chi connectivity index (χ2v) is 8.30. The maximum atomic E-state index is 13.0. The van der Waals surface area contributed by atoms with Crippen molar-refractivity contribution in [1.82, 2.24) is 14.5 Å². The van der Waals surface area contributed by atoms with Crippen molar-refractivity contribution in [2.75, 3.05) is 40.0 Å². The highest BCUT2D eigenvalue weighted by Crippen LogP contribution is 2.25. The standard InChI is InChI=1S/C19H24ClN3O4S/c1-13(17(24)22-7-10-27-11-8-22)28-19-21-16-12-14(20)4-5-15(16)18(25)23(19)6-3-9-26-2/h4-5,12-13H,3,6-11H2,1-2H3. The maximum Gasteiger partial charge on any atom is 0.262 e. The number of thioether (sulfide) groups is 1. The second-order valence-electron chi connectivity index (χ2n) is 6.56. The third-order valence-corrected chi connectivity index (χ3v) is 5.88. The van der Waals surface area contributed by atoms with Crippen LogP contribution in [0, 0.1) is 0 Å². The SMILES string of the molecule is COCCCn1c(SC(C)C(=O)N2CCOCC2)nc2cc(Cl)ccc2c1=O. The molecule has 9 heteroatoms. The summed E-state index contributed by atoms with van der Waals surface area (Å²) < 4.78 is 12.1. The van der Waals surface area contributed by atoms with Gasteiger partial charge in [-0.05, 0) is 31.5 Å². The first-order chi connectivity index (χ1) is 13.5. The van der Waals surface area contributed by atoms with Crippen LogP contribution in [0.25, 0.3) is 10.9 Å². The molecule has 1 aliphatic rings. The largest absolute Gasteiger partial charge is 0.385 e. The van der Waals surface area contributed by atoms with Gasteiger partial charge in [-0.15, -0.1) is 0 Å². The van der Waals surface area contributed by atoms with Crippen molar-refractivity contribution in [3.63, 3.8) is 0 Å². The lowest BCUT2D eigenvalue weighted by Gasteiger charge is -2.29. The predicted molar refractivity (Wildman–Crippen MR) is 110 cm³/mol. The number of carbonyl (C=O) groups is 1. The number of morpholine rings is 1. The van der Waals surface area contributed by atoms with Gasteiger partial charge in [0.15, 0.2) is 5.16 Å². The van der Waals surface area contributed by atoms with Crippen LogP contribution < -0.4 is 5.56 Å². The second kappa shape index (κ2) is 9.73. The van der Waals surface area contributed by atoms with E-state index < -0.39 is 0 Å². The Kier molecular flexibility index (Phi) is 7.34. The Morgan fingerprint density at radius 2 is 2.14 bits per heavy atom. The third-order valence-electron chi connectivity index (χ3n) is 4.57. The van der Waals surface area contributed by atoms with Crippen molar-refractivity contribution in [3.8, 4) is 0 Å². The molecular weight excluding hydrogens is 402 g/mol. The quantitative estimate of drug-likeness (QED) is 0.385. The average Bonchev–Trinajstić information content (AvgIpc) is 2.70. The predicted octanol–water partition coefficient (Wildman–Crippen LogP) is 2.43. The fraction of sp³-hybridized carbons (Fsp3) is 0.526. The molecule has 0 saturated carbocycles. The molecular formula is C19H24ClN3O4S. The highest BCUT2D eigenvalue weighted by molar-refractivity contribution is 8.00. The summed E-state index contributed by atoms with van der Waals surface area (Å²) in [7, 11) is 1.63. The first-order valence-corrected chi connectivity index (χ1v) is 10.5. The number of fused-ring (bicyclic) bond motifs is 1. The number of ether oxygens (including phenoxy) is 2. The topological polar surface area (TPSA) is 73.7 Å². The molecule has 1 aromatic heterocycles. The fourth-order valence-electron chi connectivity index (χ4n) is 3.08. The van der Waals surface area contributed by atoms with E-state index in [1.54, 1.807) is 34.8 Å². The Bertz CT molecular complexity index is 899. The number of amides is 1. The van der Waals surface area contributed by atoms with Crippen molar-refractivity contribution in [1.29, 1.82) is 0 Å². The van der Waals surface area contributed by atoms with Crippen LogP contribution in [0.4, 0.5) is 0 Å². The molecule has 0 radical (unpaired) electrons. The smallest absolute Gasteiger partial charge is 0.262 e. The van der Waals surface area contributed by atoms with E-state index in [4.69, 9.17) is 21.1 Å². The summed E-state index contributed by atoms with van der Waals surface area (Å²) in [5, 5.41) is 1.18. The minimum Gasteiger partial charge on any atom is -0.385 e. The molecule has 0 aliphatic carbocycles. The van der Waals surface area contributed by atoms with Crippen molar-refractivity contribution in [3.05, 3.63) is 33.6 Å². The van der Waals surface area contributed by atoms with Crippen LogP contribution in [0.5, 0.6) is 0 Å². The van der Waals surface area contributed by atoms with E-state index in [1.165, 1.54) is 11.8 Å². The number of halogens is 1. The number of hydrogen-bond acceptors (Lipinski definition) is 6. The van der Waals surface area contributed by atoms with Gasteiger partial charge in [-0.2, -0.15) is 0 Å². The zero-order chi connectivity index (χ0) is 20.1. The van der Waals surface area contributed by atoms with Gasteiger partial charge in [-0.1, -0.05) is 23.4 Å². The van der Waals surface area contributed by atoms with Crippen LogP contribution in [0.1, 0.15) is 13.3 Å². The monoisotopic (exact) mass is 425 g/mol. The highest BCUT2D eigenvalue weighted by Gasteiger charge is 2.25. The van der Waals surface area contributed by atoms with Crippen molar-refractivity contribution >= 4 is 40.2 Å². The number of aromatic nitrogens is 2.